The van der Waals surface area contributed by atoms with Crippen molar-refractivity contribution in [2.75, 3.05) is 46.4 Å². The molecule has 2 N–H and O–H groups in total. The van der Waals surface area contributed by atoms with Gasteiger partial charge in [-0.1, -0.05) is 29.8 Å². The van der Waals surface area contributed by atoms with Crippen LogP contribution in [0.5, 0.6) is 0 Å². The second-order valence-corrected chi connectivity index (χ2v) is 7.85. The zero-order chi connectivity index (χ0) is 18.9. The molecule has 1 unspecified atom stereocenters. The van der Waals surface area contributed by atoms with Gasteiger partial charge in [-0.05, 0) is 35.6 Å². The van der Waals surface area contributed by atoms with Crippen LogP contribution in [-0.2, 0) is 11.2 Å². The van der Waals surface area contributed by atoms with Gasteiger partial charge in [-0.3, -0.25) is 9.89 Å². The average Bonchev–Trinajstić information content (AvgIpc) is 3.23. The summed E-state index contributed by atoms with van der Waals surface area (Å²) in [4.78, 5) is 8.23. The molecule has 0 radical (unpaired) electrons. The Morgan fingerprint density at radius 1 is 1.21 bits per heavy atom. The molecule has 1 saturated heterocycles. The first-order chi connectivity index (χ1) is 13.3. The molecular formula is C20H28ClIN4OS. The molecule has 2 heterocycles. The number of morpholine rings is 1. The highest BCUT2D eigenvalue weighted by molar-refractivity contribution is 14.0. The van der Waals surface area contributed by atoms with Crippen LogP contribution in [0.3, 0.4) is 0 Å². The first-order valence-corrected chi connectivity index (χ1v) is 10.6. The number of ether oxygens (including phenoxy) is 1. The summed E-state index contributed by atoms with van der Waals surface area (Å²) in [6, 6.07) is 12.6. The predicted molar refractivity (Wildman–Crippen MR) is 129 cm³/mol. The SMILES string of the molecule is CN=C(NCCc1ccc(Cl)cc1)NCC(c1cccs1)N1CCOCC1.I. The van der Waals surface area contributed by atoms with Crippen LogP contribution in [-0.4, -0.2) is 57.3 Å². The number of aliphatic imine (C=N–C) groups is 1. The Bertz CT molecular complexity index is 706. The molecule has 0 spiro atoms. The molecule has 28 heavy (non-hydrogen) atoms. The van der Waals surface area contributed by atoms with Gasteiger partial charge in [0.2, 0.25) is 0 Å². The van der Waals surface area contributed by atoms with Gasteiger partial charge in [0, 0.05) is 43.1 Å². The van der Waals surface area contributed by atoms with Crippen molar-refractivity contribution < 1.29 is 4.74 Å². The van der Waals surface area contributed by atoms with Gasteiger partial charge in [0.25, 0.3) is 0 Å². The molecule has 8 heteroatoms. The van der Waals surface area contributed by atoms with Crippen molar-refractivity contribution in [2.45, 2.75) is 12.5 Å². The lowest BCUT2D eigenvalue weighted by Crippen LogP contribution is -2.46. The lowest BCUT2D eigenvalue weighted by Gasteiger charge is -2.34. The van der Waals surface area contributed by atoms with Gasteiger partial charge in [-0.25, -0.2) is 0 Å². The Kier molecular flexibility index (Phi) is 10.6. The van der Waals surface area contributed by atoms with Crippen LogP contribution in [0.4, 0.5) is 0 Å². The summed E-state index contributed by atoms with van der Waals surface area (Å²) in [5.74, 6) is 0.832. The Labute approximate surface area is 193 Å². The van der Waals surface area contributed by atoms with Gasteiger partial charge in [0.1, 0.15) is 0 Å². The van der Waals surface area contributed by atoms with Crippen LogP contribution in [0.25, 0.3) is 0 Å². The minimum Gasteiger partial charge on any atom is -0.379 e. The number of guanidine groups is 1. The number of benzene rings is 1. The quantitative estimate of drug-likeness (QED) is 0.322. The molecule has 1 fully saturated rings. The second kappa shape index (κ2) is 12.6. The minimum atomic E-state index is 0. The highest BCUT2D eigenvalue weighted by Crippen LogP contribution is 2.25. The van der Waals surface area contributed by atoms with Gasteiger partial charge < -0.3 is 15.4 Å². The molecule has 1 aromatic carbocycles. The number of hydrogen-bond donors (Lipinski definition) is 2. The van der Waals surface area contributed by atoms with E-state index in [1.807, 2.05) is 19.2 Å². The zero-order valence-corrected chi connectivity index (χ0v) is 20.0. The van der Waals surface area contributed by atoms with Gasteiger partial charge in [-0.2, -0.15) is 0 Å². The number of rotatable bonds is 7. The first-order valence-electron chi connectivity index (χ1n) is 9.30. The molecular weight excluding hydrogens is 507 g/mol. The van der Waals surface area contributed by atoms with E-state index in [9.17, 15) is 0 Å². The Balaban J connectivity index is 0.00000280. The largest absolute Gasteiger partial charge is 0.379 e. The maximum absolute atomic E-state index is 5.94. The van der Waals surface area contributed by atoms with Crippen molar-refractivity contribution in [1.29, 1.82) is 0 Å². The Morgan fingerprint density at radius 2 is 1.96 bits per heavy atom. The number of thiophene rings is 1. The van der Waals surface area contributed by atoms with Crippen LogP contribution < -0.4 is 10.6 Å². The molecule has 0 bridgehead atoms. The van der Waals surface area contributed by atoms with E-state index in [1.54, 1.807) is 11.3 Å². The number of nitrogens with zero attached hydrogens (tertiary/aromatic N) is 2. The molecule has 1 atom stereocenters. The standard InChI is InChI=1S/C20H27ClN4OS.HI/c1-22-20(23-9-8-16-4-6-17(21)7-5-16)24-15-18(19-3-2-14-27-19)25-10-12-26-13-11-25;/h2-7,14,18H,8-13,15H2,1H3,(H2,22,23,24);1H. The van der Waals surface area contributed by atoms with Crippen molar-refractivity contribution in [3.8, 4) is 0 Å². The predicted octanol–water partition coefficient (Wildman–Crippen LogP) is 3.80. The third kappa shape index (κ3) is 7.18. The normalized spacial score (nSPS) is 16.3. The third-order valence-corrected chi connectivity index (χ3v) is 5.89. The maximum Gasteiger partial charge on any atom is 0.191 e. The molecule has 0 aliphatic carbocycles. The first kappa shape index (κ1) is 23.4. The van der Waals surface area contributed by atoms with Gasteiger partial charge in [-0.15, -0.1) is 35.3 Å². The van der Waals surface area contributed by atoms with Crippen LogP contribution in [0.2, 0.25) is 5.02 Å². The van der Waals surface area contributed by atoms with Crippen LogP contribution >= 0.6 is 46.9 Å². The van der Waals surface area contributed by atoms with Crippen LogP contribution in [0.1, 0.15) is 16.5 Å². The topological polar surface area (TPSA) is 48.9 Å². The van der Waals surface area contributed by atoms with Gasteiger partial charge >= 0.3 is 0 Å². The molecule has 0 amide bonds. The minimum absolute atomic E-state index is 0. The highest BCUT2D eigenvalue weighted by atomic mass is 127. The van der Waals surface area contributed by atoms with E-state index in [0.29, 0.717) is 6.04 Å². The third-order valence-electron chi connectivity index (χ3n) is 4.66. The molecule has 3 rings (SSSR count). The summed E-state index contributed by atoms with van der Waals surface area (Å²) in [6.07, 6.45) is 0.926. The Hall–Kier alpha value is -0.870. The monoisotopic (exact) mass is 534 g/mol. The molecule has 5 nitrogen and oxygen atoms in total. The van der Waals surface area contributed by atoms with Crippen LogP contribution in [0.15, 0.2) is 46.8 Å². The fourth-order valence-electron chi connectivity index (χ4n) is 3.17. The maximum atomic E-state index is 5.94. The molecule has 154 valence electrons. The fourth-order valence-corrected chi connectivity index (χ4v) is 4.16. The summed E-state index contributed by atoms with van der Waals surface area (Å²) in [7, 11) is 1.81. The Morgan fingerprint density at radius 3 is 2.61 bits per heavy atom. The van der Waals surface area contributed by atoms with Gasteiger partial charge in [0.15, 0.2) is 5.96 Å². The van der Waals surface area contributed by atoms with E-state index < -0.39 is 0 Å². The van der Waals surface area contributed by atoms with Crippen molar-refractivity contribution in [3.63, 3.8) is 0 Å². The fraction of sp³-hybridized carbons (Fsp3) is 0.450. The highest BCUT2D eigenvalue weighted by Gasteiger charge is 2.23. The zero-order valence-electron chi connectivity index (χ0n) is 16.1. The number of halogens is 2. The molecule has 0 saturated carbocycles. The lowest BCUT2D eigenvalue weighted by molar-refractivity contribution is 0.0177. The summed E-state index contributed by atoms with van der Waals surface area (Å²) in [5.41, 5.74) is 1.26. The van der Waals surface area contributed by atoms with E-state index in [0.717, 1.165) is 56.8 Å². The van der Waals surface area contributed by atoms with E-state index in [-0.39, 0.29) is 24.0 Å². The van der Waals surface area contributed by atoms with Crippen molar-refractivity contribution in [2.24, 2.45) is 4.99 Å². The number of hydrogen-bond acceptors (Lipinski definition) is 4. The molecule has 2 aromatic rings. The lowest BCUT2D eigenvalue weighted by atomic mass is 10.1. The van der Waals surface area contributed by atoms with E-state index >= 15 is 0 Å². The second-order valence-electron chi connectivity index (χ2n) is 6.44. The number of nitrogens with one attached hydrogen (secondary N) is 2. The van der Waals surface area contributed by atoms with Crippen molar-refractivity contribution in [3.05, 3.63) is 57.2 Å². The van der Waals surface area contributed by atoms with E-state index in [4.69, 9.17) is 16.3 Å². The molecule has 1 aliphatic heterocycles. The smallest absolute Gasteiger partial charge is 0.191 e. The summed E-state index contributed by atoms with van der Waals surface area (Å²) >= 11 is 7.75. The summed E-state index contributed by atoms with van der Waals surface area (Å²) in [6.45, 7) is 5.18. The van der Waals surface area contributed by atoms with Gasteiger partial charge in [0.05, 0.1) is 19.3 Å². The molecule has 1 aliphatic rings. The van der Waals surface area contributed by atoms with Crippen molar-refractivity contribution in [1.82, 2.24) is 15.5 Å². The van der Waals surface area contributed by atoms with Crippen molar-refractivity contribution >= 4 is 52.9 Å². The molecule has 1 aromatic heterocycles. The van der Waals surface area contributed by atoms with E-state index in [2.05, 4.69) is 50.2 Å². The average molecular weight is 535 g/mol. The van der Waals surface area contributed by atoms with E-state index in [1.165, 1.54) is 10.4 Å². The summed E-state index contributed by atoms with van der Waals surface area (Å²) < 4.78 is 5.51. The van der Waals surface area contributed by atoms with Crippen LogP contribution in [0, 0.1) is 0 Å². The summed E-state index contributed by atoms with van der Waals surface area (Å²) in [5, 5.41) is 9.81.